The highest BCUT2D eigenvalue weighted by molar-refractivity contribution is 6.42. The Hall–Kier alpha value is -3.14. The van der Waals surface area contributed by atoms with Crippen LogP contribution >= 0.6 is 23.2 Å². The molecule has 0 atom stereocenters. The first kappa shape index (κ1) is 25.9. The average Bonchev–Trinajstić information content (AvgIpc) is 2.86. The largest absolute Gasteiger partial charge is 0.473 e. The summed E-state index contributed by atoms with van der Waals surface area (Å²) in [6, 6.07) is 12.1. The van der Waals surface area contributed by atoms with Gasteiger partial charge >= 0.3 is 5.69 Å². The van der Waals surface area contributed by atoms with Gasteiger partial charge in [-0.25, -0.2) is 4.98 Å². The first-order chi connectivity index (χ1) is 17.3. The molecular weight excluding hydrogens is 505 g/mol. The highest BCUT2D eigenvalue weighted by atomic mass is 35.5. The number of ether oxygens (including phenoxy) is 1. The first-order valence-corrected chi connectivity index (χ1v) is 12.4. The summed E-state index contributed by atoms with van der Waals surface area (Å²) in [7, 11) is 3.92. The van der Waals surface area contributed by atoms with E-state index in [0.29, 0.717) is 71.4 Å². The number of benzene rings is 2. The minimum absolute atomic E-state index is 0.0155. The second kappa shape index (κ2) is 11.3. The monoisotopic (exact) mass is 531 g/mol. The second-order valence-electron chi connectivity index (χ2n) is 8.80. The Morgan fingerprint density at radius 3 is 2.50 bits per heavy atom. The van der Waals surface area contributed by atoms with Crippen molar-refractivity contribution >= 4 is 51.4 Å². The Bertz CT molecular complexity index is 1280. The lowest BCUT2D eigenvalue weighted by Crippen LogP contribution is -2.49. The van der Waals surface area contributed by atoms with Crippen LogP contribution in [-0.2, 0) is 0 Å². The van der Waals surface area contributed by atoms with E-state index in [-0.39, 0.29) is 17.5 Å². The number of fused-ring (bicyclic) bond motifs is 1. The van der Waals surface area contributed by atoms with Crippen molar-refractivity contribution in [1.82, 2.24) is 14.8 Å². The van der Waals surface area contributed by atoms with Crippen LogP contribution in [0.25, 0.3) is 10.9 Å². The standard InChI is InChI=1S/C25H27Cl2N5O4/c1-29(2)10-5-15-36-24-23(32(34)35)22(18-6-3-4-7-21(18)28-24)30-11-13-31(14-12-30)25(33)17-8-9-19(26)20(27)16-17/h3-4,6-9,16H,5,10-15H2,1-2H3. The maximum Gasteiger partial charge on any atom is 0.354 e. The van der Waals surface area contributed by atoms with Gasteiger partial charge in [0.25, 0.3) is 11.8 Å². The van der Waals surface area contributed by atoms with E-state index in [1.54, 1.807) is 23.1 Å². The number of nitrogens with zero attached hydrogens (tertiary/aromatic N) is 5. The summed E-state index contributed by atoms with van der Waals surface area (Å²) in [6.45, 7) is 2.74. The molecule has 0 bridgehead atoms. The van der Waals surface area contributed by atoms with E-state index in [1.807, 2.05) is 48.2 Å². The van der Waals surface area contributed by atoms with Gasteiger partial charge in [0.2, 0.25) is 0 Å². The lowest BCUT2D eigenvalue weighted by molar-refractivity contribution is -0.385. The van der Waals surface area contributed by atoms with Gasteiger partial charge in [-0.2, -0.15) is 0 Å². The van der Waals surface area contributed by atoms with Crippen LogP contribution in [-0.4, -0.2) is 79.0 Å². The molecule has 1 aliphatic heterocycles. The van der Waals surface area contributed by atoms with Crippen molar-refractivity contribution in [2.45, 2.75) is 6.42 Å². The maximum atomic E-state index is 13.0. The Labute approximate surface area is 219 Å². The second-order valence-corrected chi connectivity index (χ2v) is 9.62. The Balaban J connectivity index is 1.60. The number of anilines is 1. The molecule has 0 spiro atoms. The lowest BCUT2D eigenvalue weighted by Gasteiger charge is -2.36. The zero-order valence-electron chi connectivity index (χ0n) is 20.1. The third kappa shape index (κ3) is 5.64. The molecule has 1 aromatic heterocycles. The molecule has 0 radical (unpaired) electrons. The van der Waals surface area contributed by atoms with E-state index in [0.717, 1.165) is 6.54 Å². The van der Waals surface area contributed by atoms with Gasteiger partial charge in [-0.3, -0.25) is 14.9 Å². The van der Waals surface area contributed by atoms with Gasteiger partial charge in [0, 0.05) is 43.7 Å². The topological polar surface area (TPSA) is 92.1 Å². The number of piperazine rings is 1. The quantitative estimate of drug-likeness (QED) is 0.235. The van der Waals surface area contributed by atoms with Crippen molar-refractivity contribution in [3.8, 4) is 5.88 Å². The molecule has 1 aliphatic rings. The summed E-state index contributed by atoms with van der Waals surface area (Å²) in [4.78, 5) is 35.0. The number of hydrogen-bond acceptors (Lipinski definition) is 7. The lowest BCUT2D eigenvalue weighted by atomic mass is 10.1. The summed E-state index contributed by atoms with van der Waals surface area (Å²) >= 11 is 12.1. The number of aromatic nitrogens is 1. The highest BCUT2D eigenvalue weighted by Crippen LogP contribution is 2.42. The highest BCUT2D eigenvalue weighted by Gasteiger charge is 2.32. The van der Waals surface area contributed by atoms with Crippen LogP contribution < -0.4 is 9.64 Å². The number of para-hydroxylation sites is 1. The molecule has 0 unspecified atom stereocenters. The van der Waals surface area contributed by atoms with Gasteiger partial charge in [0.1, 0.15) is 5.69 Å². The van der Waals surface area contributed by atoms with Crippen molar-refractivity contribution in [3.05, 3.63) is 68.2 Å². The average molecular weight is 532 g/mol. The van der Waals surface area contributed by atoms with Crippen LogP contribution in [0.15, 0.2) is 42.5 Å². The van der Waals surface area contributed by atoms with Crippen LogP contribution in [0.4, 0.5) is 11.4 Å². The normalized spacial score (nSPS) is 13.9. The molecule has 0 N–H and O–H groups in total. The van der Waals surface area contributed by atoms with Crippen molar-refractivity contribution < 1.29 is 14.5 Å². The van der Waals surface area contributed by atoms with Gasteiger partial charge in [-0.05, 0) is 44.8 Å². The van der Waals surface area contributed by atoms with Crippen LogP contribution in [0.2, 0.25) is 10.0 Å². The van der Waals surface area contributed by atoms with Crippen molar-refractivity contribution in [2.24, 2.45) is 0 Å². The molecule has 1 fully saturated rings. The van der Waals surface area contributed by atoms with Gasteiger partial charge in [-0.15, -0.1) is 0 Å². The maximum absolute atomic E-state index is 13.0. The molecule has 0 saturated carbocycles. The van der Waals surface area contributed by atoms with Crippen LogP contribution in [0.3, 0.4) is 0 Å². The summed E-state index contributed by atoms with van der Waals surface area (Å²) in [6.07, 6.45) is 0.712. The molecule has 1 saturated heterocycles. The fourth-order valence-corrected chi connectivity index (χ4v) is 4.54. The van der Waals surface area contributed by atoms with E-state index >= 15 is 0 Å². The molecule has 1 amide bonds. The van der Waals surface area contributed by atoms with Crippen LogP contribution in [0.1, 0.15) is 16.8 Å². The summed E-state index contributed by atoms with van der Waals surface area (Å²) in [5.41, 5.74) is 1.39. The molecule has 36 heavy (non-hydrogen) atoms. The number of rotatable bonds is 8. The number of halogens is 2. The number of carbonyl (C=O) groups is 1. The molecule has 2 heterocycles. The van der Waals surface area contributed by atoms with E-state index in [1.165, 1.54) is 0 Å². The van der Waals surface area contributed by atoms with E-state index in [4.69, 9.17) is 27.9 Å². The van der Waals surface area contributed by atoms with Crippen molar-refractivity contribution in [1.29, 1.82) is 0 Å². The Kier molecular flexibility index (Phi) is 8.13. The predicted octanol–water partition coefficient (Wildman–Crippen LogP) is 4.74. The van der Waals surface area contributed by atoms with E-state index in [2.05, 4.69) is 4.98 Å². The SMILES string of the molecule is CN(C)CCCOc1nc2ccccc2c(N2CCN(C(=O)c3ccc(Cl)c(Cl)c3)CC2)c1[N+](=O)[O-]. The predicted molar refractivity (Wildman–Crippen MR) is 142 cm³/mol. The smallest absolute Gasteiger partial charge is 0.354 e. The Morgan fingerprint density at radius 2 is 1.83 bits per heavy atom. The summed E-state index contributed by atoms with van der Waals surface area (Å²) in [5, 5.41) is 13.6. The van der Waals surface area contributed by atoms with Crippen molar-refractivity contribution in [2.75, 3.05) is 58.3 Å². The van der Waals surface area contributed by atoms with E-state index in [9.17, 15) is 14.9 Å². The minimum Gasteiger partial charge on any atom is -0.473 e. The van der Waals surface area contributed by atoms with Gasteiger partial charge in [0.15, 0.2) is 0 Å². The number of amides is 1. The fraction of sp³-hybridized carbons (Fsp3) is 0.360. The third-order valence-electron chi connectivity index (χ3n) is 6.03. The molecule has 2 aromatic carbocycles. The molecule has 11 heteroatoms. The molecule has 4 rings (SSSR count). The molecule has 0 aliphatic carbocycles. The number of nitro groups is 1. The number of hydrogen-bond donors (Lipinski definition) is 0. The fourth-order valence-electron chi connectivity index (χ4n) is 4.24. The number of carbonyl (C=O) groups excluding carboxylic acids is 1. The van der Waals surface area contributed by atoms with E-state index < -0.39 is 4.92 Å². The zero-order chi connectivity index (χ0) is 25.8. The molecule has 3 aromatic rings. The van der Waals surface area contributed by atoms with Gasteiger partial charge < -0.3 is 19.4 Å². The molecular formula is C25H27Cl2N5O4. The summed E-state index contributed by atoms with van der Waals surface area (Å²) < 4.78 is 5.83. The van der Waals surface area contributed by atoms with Crippen LogP contribution in [0, 0.1) is 10.1 Å². The third-order valence-corrected chi connectivity index (χ3v) is 6.77. The minimum atomic E-state index is -0.427. The summed E-state index contributed by atoms with van der Waals surface area (Å²) in [5.74, 6) is -0.144. The zero-order valence-corrected chi connectivity index (χ0v) is 21.6. The molecule has 190 valence electrons. The first-order valence-electron chi connectivity index (χ1n) is 11.6. The molecule has 9 nitrogen and oxygen atoms in total. The van der Waals surface area contributed by atoms with Crippen LogP contribution in [0.5, 0.6) is 5.88 Å². The van der Waals surface area contributed by atoms with Gasteiger partial charge in [-0.1, -0.05) is 41.4 Å². The number of pyridine rings is 1. The Morgan fingerprint density at radius 1 is 1.11 bits per heavy atom. The van der Waals surface area contributed by atoms with Crippen molar-refractivity contribution in [3.63, 3.8) is 0 Å². The van der Waals surface area contributed by atoms with Gasteiger partial charge in [0.05, 0.1) is 27.1 Å².